The standard InChI is InChI=1S/C15H14Cl2F3N3O3.C13H10Cl2F3N3O3/c1-3-26-13(24)10(17)4-8-5-12(11(18)6-9(8)16)23-15(25)22(14(19)20)7(2)21-23;1-5-19-21(13(24)20(5)12(17)18)10-3-6(2-8(15)11(22)23)7(14)4-9(10)16/h5-6,10,14H,3-4H2,1-2H3;3-4,8,12H,2H2,1H3,(H,22,23). The molecule has 12 nitrogen and oxygen atoms in total. The van der Waals surface area contributed by atoms with Gasteiger partial charge in [-0.3, -0.25) is 9.59 Å². The van der Waals surface area contributed by atoms with Crippen LogP contribution in [0.5, 0.6) is 0 Å². The Kier molecular flexibility index (Phi) is 13.6. The zero-order valence-electron chi connectivity index (χ0n) is 25.7. The number of halogens is 10. The highest BCUT2D eigenvalue weighted by atomic mass is 35.5. The molecule has 272 valence electrons. The molecule has 0 amide bonds. The summed E-state index contributed by atoms with van der Waals surface area (Å²) in [5.41, 5.74) is -2.91. The average molecular weight is 796 g/mol. The van der Waals surface area contributed by atoms with Gasteiger partial charge in [-0.25, -0.2) is 27.5 Å². The van der Waals surface area contributed by atoms with Crippen LogP contribution in [-0.4, -0.2) is 63.1 Å². The van der Waals surface area contributed by atoms with Gasteiger partial charge in [-0.1, -0.05) is 23.2 Å². The minimum atomic E-state index is -3.14. The molecule has 0 saturated heterocycles. The van der Waals surface area contributed by atoms with Crippen LogP contribution in [0.3, 0.4) is 0 Å². The quantitative estimate of drug-likeness (QED) is 0.111. The third-order valence-electron chi connectivity index (χ3n) is 6.65. The minimum Gasteiger partial charge on any atom is -0.480 e. The number of carbonyl (C=O) groups excluding carboxylic acids is 1. The van der Waals surface area contributed by atoms with Crippen molar-refractivity contribution in [2.45, 2.75) is 57.5 Å². The highest BCUT2D eigenvalue weighted by molar-refractivity contribution is 6.33. The summed E-state index contributed by atoms with van der Waals surface area (Å²) < 4.78 is 85.8. The molecule has 4 aromatic rings. The predicted molar refractivity (Wildman–Crippen MR) is 169 cm³/mol. The van der Waals surface area contributed by atoms with Crippen LogP contribution in [0.15, 0.2) is 33.9 Å². The number of aryl methyl sites for hydroxylation is 2. The Bertz CT molecular complexity index is 2020. The Morgan fingerprint density at radius 3 is 1.48 bits per heavy atom. The molecule has 0 fully saturated rings. The van der Waals surface area contributed by atoms with Crippen molar-refractivity contribution in [3.63, 3.8) is 0 Å². The lowest BCUT2D eigenvalue weighted by Gasteiger charge is -2.12. The molecule has 2 aromatic heterocycles. The molecule has 0 aliphatic carbocycles. The van der Waals surface area contributed by atoms with Crippen LogP contribution in [0.4, 0.5) is 26.3 Å². The Hall–Kier alpha value is -4.00. The van der Waals surface area contributed by atoms with Gasteiger partial charge in [0.1, 0.15) is 33.8 Å². The zero-order chi connectivity index (χ0) is 37.8. The van der Waals surface area contributed by atoms with E-state index in [2.05, 4.69) is 10.2 Å². The molecule has 0 aliphatic rings. The predicted octanol–water partition coefficient (Wildman–Crippen LogP) is 6.01. The maximum absolute atomic E-state index is 14.2. The molecule has 50 heavy (non-hydrogen) atoms. The van der Waals surface area contributed by atoms with Crippen LogP contribution in [0, 0.1) is 25.5 Å². The summed E-state index contributed by atoms with van der Waals surface area (Å²) in [7, 11) is 0. The lowest BCUT2D eigenvalue weighted by molar-refractivity contribution is -0.142. The number of hydrogen-bond donors (Lipinski definition) is 1. The number of ether oxygens (including phenoxy) is 1. The van der Waals surface area contributed by atoms with Crippen molar-refractivity contribution in [3.05, 3.63) is 89.7 Å². The Morgan fingerprint density at radius 2 is 1.16 bits per heavy atom. The fourth-order valence-corrected chi connectivity index (χ4v) is 5.15. The Balaban J connectivity index is 0.000000271. The summed E-state index contributed by atoms with van der Waals surface area (Å²) in [5, 5.41) is 13.5. The van der Waals surface area contributed by atoms with E-state index < -0.39 is 64.5 Å². The average Bonchev–Trinajstić information content (AvgIpc) is 3.48. The van der Waals surface area contributed by atoms with Gasteiger partial charge in [0.2, 0.25) is 0 Å². The maximum Gasteiger partial charge on any atom is 0.355 e. The van der Waals surface area contributed by atoms with E-state index in [4.69, 9.17) is 56.2 Å². The number of alkyl halides is 6. The highest BCUT2D eigenvalue weighted by Crippen LogP contribution is 2.27. The van der Waals surface area contributed by atoms with Crippen LogP contribution >= 0.6 is 46.4 Å². The lowest BCUT2D eigenvalue weighted by atomic mass is 10.1. The van der Waals surface area contributed by atoms with Crippen molar-refractivity contribution in [1.82, 2.24) is 28.7 Å². The van der Waals surface area contributed by atoms with E-state index in [-0.39, 0.29) is 67.1 Å². The molecule has 22 heteroatoms. The number of aromatic nitrogens is 6. The maximum atomic E-state index is 14.2. The van der Waals surface area contributed by atoms with Gasteiger partial charge in [-0.05, 0) is 56.2 Å². The number of carboxylic acid groups (broad SMARTS) is 1. The van der Waals surface area contributed by atoms with Crippen molar-refractivity contribution in [2.75, 3.05) is 6.61 Å². The van der Waals surface area contributed by atoms with E-state index in [0.29, 0.717) is 9.36 Å². The first-order valence-corrected chi connectivity index (χ1v) is 15.5. The van der Waals surface area contributed by atoms with Gasteiger partial charge in [0.15, 0.2) is 11.6 Å². The molecule has 0 bridgehead atoms. The minimum absolute atomic E-state index is 0.0424. The van der Waals surface area contributed by atoms with Crippen LogP contribution in [0.25, 0.3) is 11.4 Å². The Labute approximate surface area is 297 Å². The summed E-state index contributed by atoms with van der Waals surface area (Å²) in [6, 6.07) is 3.92. The van der Waals surface area contributed by atoms with E-state index in [1.165, 1.54) is 6.92 Å². The number of esters is 1. The number of hydrogen-bond acceptors (Lipinski definition) is 7. The van der Waals surface area contributed by atoms with Gasteiger partial charge >= 0.3 is 36.4 Å². The molecule has 0 saturated carbocycles. The summed E-state index contributed by atoms with van der Waals surface area (Å²) in [5.74, 6) is -4.53. The van der Waals surface area contributed by atoms with E-state index in [0.717, 1.165) is 31.2 Å². The molecule has 2 atom stereocenters. The van der Waals surface area contributed by atoms with Crippen molar-refractivity contribution in [2.24, 2.45) is 0 Å². The summed E-state index contributed by atoms with van der Waals surface area (Å²) in [6.07, 6.45) is -0.373. The van der Waals surface area contributed by atoms with Crippen LogP contribution < -0.4 is 11.4 Å². The summed E-state index contributed by atoms with van der Waals surface area (Å²) >= 11 is 23.4. The topological polar surface area (TPSA) is 143 Å². The second-order valence-electron chi connectivity index (χ2n) is 10.0. The van der Waals surface area contributed by atoms with Crippen molar-refractivity contribution >= 4 is 58.3 Å². The normalized spacial score (nSPS) is 12.5. The fourth-order valence-electron chi connectivity index (χ4n) is 4.30. The van der Waals surface area contributed by atoms with E-state index in [1.807, 2.05) is 0 Å². The molecular formula is C28H24Cl4F6N6O6. The molecule has 0 spiro atoms. The number of carbonyl (C=O) groups is 2. The zero-order valence-corrected chi connectivity index (χ0v) is 28.7. The van der Waals surface area contributed by atoms with E-state index in [1.54, 1.807) is 6.92 Å². The molecule has 0 aliphatic heterocycles. The largest absolute Gasteiger partial charge is 0.480 e. The third-order valence-corrected chi connectivity index (χ3v) is 8.03. The van der Waals surface area contributed by atoms with Gasteiger partial charge in [0, 0.05) is 22.9 Å². The molecule has 2 heterocycles. The second kappa shape index (κ2) is 16.8. The van der Waals surface area contributed by atoms with Gasteiger partial charge in [-0.2, -0.15) is 26.9 Å². The first-order chi connectivity index (χ1) is 23.3. The number of carboxylic acids is 1. The van der Waals surface area contributed by atoms with Crippen molar-refractivity contribution < 1.29 is 45.8 Å². The molecule has 4 rings (SSSR count). The first kappa shape index (κ1) is 40.4. The molecule has 0 radical (unpaired) electrons. The lowest BCUT2D eigenvalue weighted by Crippen LogP contribution is -2.25. The molecular weight excluding hydrogens is 772 g/mol. The van der Waals surface area contributed by atoms with Crippen molar-refractivity contribution in [1.29, 1.82) is 0 Å². The van der Waals surface area contributed by atoms with Gasteiger partial charge in [0.25, 0.3) is 0 Å². The number of nitrogens with zero attached hydrogens (tertiary/aromatic N) is 6. The monoisotopic (exact) mass is 794 g/mol. The fraction of sp³-hybridized carbons (Fsp3) is 0.357. The summed E-state index contributed by atoms with van der Waals surface area (Å²) in [4.78, 5) is 46.5. The van der Waals surface area contributed by atoms with Gasteiger partial charge in [-0.15, -0.1) is 33.4 Å². The summed E-state index contributed by atoms with van der Waals surface area (Å²) in [6.45, 7) is -2.17. The SMILES string of the molecule is CCOC(=O)C(Cl)Cc1cc(-n2nc(C)n(C(F)F)c2=O)c(F)cc1Cl.Cc1nn(-c2cc(CC(Cl)C(=O)O)c(Cl)cc2F)c(=O)n1C(F)F. The van der Waals surface area contributed by atoms with Gasteiger partial charge < -0.3 is 9.84 Å². The number of benzene rings is 2. The van der Waals surface area contributed by atoms with Crippen LogP contribution in [0.2, 0.25) is 10.0 Å². The van der Waals surface area contributed by atoms with Crippen molar-refractivity contribution in [3.8, 4) is 11.4 Å². The molecule has 2 unspecified atom stereocenters. The molecule has 1 N–H and O–H groups in total. The smallest absolute Gasteiger partial charge is 0.355 e. The second-order valence-corrected chi connectivity index (χ2v) is 11.9. The van der Waals surface area contributed by atoms with E-state index in [9.17, 15) is 45.5 Å². The third kappa shape index (κ3) is 9.01. The van der Waals surface area contributed by atoms with Crippen LogP contribution in [0.1, 0.15) is 42.8 Å². The van der Waals surface area contributed by atoms with E-state index >= 15 is 0 Å². The first-order valence-electron chi connectivity index (χ1n) is 13.9. The Morgan fingerprint density at radius 1 is 0.780 bits per heavy atom. The van der Waals surface area contributed by atoms with Crippen LogP contribution in [-0.2, 0) is 27.2 Å². The highest BCUT2D eigenvalue weighted by Gasteiger charge is 2.25. The number of aliphatic carboxylic acids is 1. The molecule has 2 aromatic carbocycles. The number of rotatable bonds is 11. The van der Waals surface area contributed by atoms with Gasteiger partial charge in [0.05, 0.1) is 6.61 Å².